The zero-order valence-electron chi connectivity index (χ0n) is 8.92. The van der Waals surface area contributed by atoms with Crippen LogP contribution >= 0.6 is 15.9 Å². The van der Waals surface area contributed by atoms with E-state index in [1.54, 1.807) is 0 Å². The lowest BCUT2D eigenvalue weighted by Crippen LogP contribution is -2.22. The number of rotatable bonds is 4. The van der Waals surface area contributed by atoms with E-state index >= 15 is 0 Å². The maximum Gasteiger partial charge on any atom is 0.435 e. The van der Waals surface area contributed by atoms with Crippen molar-refractivity contribution in [1.29, 1.82) is 0 Å². The first-order valence-corrected chi connectivity index (χ1v) is 5.95. The number of aliphatic hydroxyl groups excluding tert-OH is 2. The van der Waals surface area contributed by atoms with Gasteiger partial charge >= 0.3 is 6.18 Å². The topological polar surface area (TPSA) is 69.1 Å². The van der Waals surface area contributed by atoms with E-state index in [0.717, 1.165) is 0 Å². The summed E-state index contributed by atoms with van der Waals surface area (Å²) < 4.78 is 37.8. The Bertz CT molecular complexity index is 381. The quantitative estimate of drug-likeness (QED) is 0.743. The minimum Gasteiger partial charge on any atom is -0.390 e. The van der Waals surface area contributed by atoms with E-state index in [-0.39, 0.29) is 12.1 Å². The number of nitrogens with one attached hydrogen (secondary N) is 1. The van der Waals surface area contributed by atoms with Gasteiger partial charge in [-0.05, 0) is 13.3 Å². The molecule has 0 radical (unpaired) electrons. The third-order valence-electron chi connectivity index (χ3n) is 2.33. The summed E-state index contributed by atoms with van der Waals surface area (Å²) >= 11 is 3.04. The van der Waals surface area contributed by atoms with Gasteiger partial charge in [0.1, 0.15) is 6.10 Å². The molecule has 0 amide bonds. The second-order valence-corrected chi connectivity index (χ2v) is 4.39. The average molecular weight is 317 g/mol. The molecule has 0 bridgehead atoms. The monoisotopic (exact) mass is 316 g/mol. The van der Waals surface area contributed by atoms with Crippen LogP contribution in [0.4, 0.5) is 13.2 Å². The minimum absolute atomic E-state index is 0.0958. The van der Waals surface area contributed by atoms with Gasteiger partial charge < -0.3 is 10.2 Å². The van der Waals surface area contributed by atoms with Crippen LogP contribution in [-0.4, -0.2) is 31.8 Å². The molecule has 0 saturated heterocycles. The number of aliphatic hydroxyl groups is 2. The molecular formula is C9H12BrF3N2O2. The summed E-state index contributed by atoms with van der Waals surface area (Å²) in [7, 11) is 0. The molecule has 1 aromatic heterocycles. The molecule has 0 aliphatic heterocycles. The lowest BCUT2D eigenvalue weighted by molar-refractivity contribution is -0.143. The van der Waals surface area contributed by atoms with Crippen molar-refractivity contribution in [3.8, 4) is 0 Å². The van der Waals surface area contributed by atoms with Gasteiger partial charge in [-0.1, -0.05) is 15.9 Å². The molecule has 0 aliphatic carbocycles. The first-order chi connectivity index (χ1) is 7.79. The van der Waals surface area contributed by atoms with Crippen LogP contribution in [-0.2, 0) is 6.18 Å². The van der Waals surface area contributed by atoms with Crippen molar-refractivity contribution in [2.24, 2.45) is 0 Å². The normalized spacial score (nSPS) is 15.9. The highest BCUT2D eigenvalue weighted by Crippen LogP contribution is 2.35. The maximum absolute atomic E-state index is 12.6. The molecule has 2 atom stereocenters. The summed E-state index contributed by atoms with van der Waals surface area (Å²) in [5, 5.41) is 24.9. The summed E-state index contributed by atoms with van der Waals surface area (Å²) in [5.74, 6) is 0. The van der Waals surface area contributed by atoms with Gasteiger partial charge in [0.05, 0.1) is 6.10 Å². The number of alkyl halides is 4. The molecule has 0 spiro atoms. The number of aromatic amines is 1. The van der Waals surface area contributed by atoms with Crippen molar-refractivity contribution >= 4 is 15.9 Å². The van der Waals surface area contributed by atoms with Gasteiger partial charge in [-0.25, -0.2) is 0 Å². The Labute approximate surface area is 104 Å². The van der Waals surface area contributed by atoms with E-state index in [1.807, 2.05) is 0 Å². The molecule has 8 heteroatoms. The van der Waals surface area contributed by atoms with Gasteiger partial charge in [-0.2, -0.15) is 18.3 Å². The zero-order chi connectivity index (χ0) is 13.2. The first kappa shape index (κ1) is 14.5. The van der Waals surface area contributed by atoms with Gasteiger partial charge in [-0.3, -0.25) is 5.10 Å². The number of aryl methyl sites for hydroxylation is 1. The van der Waals surface area contributed by atoms with Crippen molar-refractivity contribution in [2.45, 2.75) is 31.7 Å². The van der Waals surface area contributed by atoms with E-state index in [1.165, 1.54) is 6.92 Å². The lowest BCUT2D eigenvalue weighted by Gasteiger charge is -2.18. The number of hydrogen-bond acceptors (Lipinski definition) is 3. The Kier molecular flexibility index (Phi) is 4.56. The highest BCUT2D eigenvalue weighted by atomic mass is 79.9. The molecule has 1 heterocycles. The summed E-state index contributed by atoms with van der Waals surface area (Å²) in [6.45, 7) is 1.36. The molecule has 0 aliphatic rings. The van der Waals surface area contributed by atoms with Crippen LogP contribution in [0, 0.1) is 6.92 Å². The van der Waals surface area contributed by atoms with Crippen LogP contribution in [0.25, 0.3) is 0 Å². The highest BCUT2D eigenvalue weighted by molar-refractivity contribution is 9.09. The van der Waals surface area contributed by atoms with E-state index in [0.29, 0.717) is 5.33 Å². The predicted octanol–water partition coefficient (Wildman–Crippen LogP) is 1.92. The third kappa shape index (κ3) is 3.20. The van der Waals surface area contributed by atoms with Crippen molar-refractivity contribution < 1.29 is 23.4 Å². The molecule has 1 aromatic rings. The fourth-order valence-electron chi connectivity index (χ4n) is 1.48. The fraction of sp³-hybridized carbons (Fsp3) is 0.667. The second-order valence-electron chi connectivity index (χ2n) is 3.60. The van der Waals surface area contributed by atoms with Crippen molar-refractivity contribution in [1.82, 2.24) is 10.2 Å². The Morgan fingerprint density at radius 3 is 2.47 bits per heavy atom. The average Bonchev–Trinajstić information content (AvgIpc) is 2.59. The highest BCUT2D eigenvalue weighted by Gasteiger charge is 2.40. The molecular weight excluding hydrogens is 305 g/mol. The summed E-state index contributed by atoms with van der Waals surface area (Å²) in [5.41, 5.74) is -1.49. The Balaban J connectivity index is 3.08. The van der Waals surface area contributed by atoms with Gasteiger partial charge in [0.15, 0.2) is 5.69 Å². The molecule has 4 nitrogen and oxygen atoms in total. The fourth-order valence-corrected chi connectivity index (χ4v) is 1.95. The van der Waals surface area contributed by atoms with Crippen LogP contribution < -0.4 is 0 Å². The Morgan fingerprint density at radius 2 is 2.00 bits per heavy atom. The van der Waals surface area contributed by atoms with Crippen LogP contribution in [0.15, 0.2) is 0 Å². The summed E-state index contributed by atoms with van der Waals surface area (Å²) in [6, 6.07) is 0. The molecule has 98 valence electrons. The molecule has 0 saturated carbocycles. The van der Waals surface area contributed by atoms with Gasteiger partial charge in [0.2, 0.25) is 0 Å². The second kappa shape index (κ2) is 5.36. The van der Waals surface area contributed by atoms with Crippen molar-refractivity contribution in [3.05, 3.63) is 17.0 Å². The summed E-state index contributed by atoms with van der Waals surface area (Å²) in [6.07, 6.45) is -7.40. The zero-order valence-corrected chi connectivity index (χ0v) is 10.5. The molecule has 3 N–H and O–H groups in total. The number of hydrogen-bond donors (Lipinski definition) is 3. The summed E-state index contributed by atoms with van der Waals surface area (Å²) in [4.78, 5) is 0. The molecule has 0 aromatic carbocycles. The van der Waals surface area contributed by atoms with E-state index in [2.05, 4.69) is 26.1 Å². The van der Waals surface area contributed by atoms with Gasteiger partial charge in [0, 0.05) is 16.6 Å². The number of H-pyrrole nitrogens is 1. The van der Waals surface area contributed by atoms with E-state index in [9.17, 15) is 23.4 Å². The largest absolute Gasteiger partial charge is 0.435 e. The van der Waals surface area contributed by atoms with Gasteiger partial charge in [0.25, 0.3) is 0 Å². The first-order valence-electron chi connectivity index (χ1n) is 4.83. The smallest absolute Gasteiger partial charge is 0.390 e. The maximum atomic E-state index is 12.6. The lowest BCUT2D eigenvalue weighted by atomic mass is 10.0. The predicted molar refractivity (Wildman–Crippen MR) is 57.7 cm³/mol. The van der Waals surface area contributed by atoms with Crippen LogP contribution in [0.2, 0.25) is 0 Å². The standard InChI is InChI=1S/C9H12BrF3N2O2/c1-4-6(7(17)5(16)2-3-10)8(15-14-4)9(11,12)13/h5,7,16-17H,2-3H2,1H3,(H,14,15). The third-order valence-corrected chi connectivity index (χ3v) is 2.79. The van der Waals surface area contributed by atoms with E-state index < -0.39 is 29.6 Å². The van der Waals surface area contributed by atoms with Crippen LogP contribution in [0.5, 0.6) is 0 Å². The number of nitrogens with zero attached hydrogens (tertiary/aromatic N) is 1. The Morgan fingerprint density at radius 1 is 1.41 bits per heavy atom. The molecule has 0 fully saturated rings. The van der Waals surface area contributed by atoms with E-state index in [4.69, 9.17) is 0 Å². The minimum atomic E-state index is -4.66. The Hall–Kier alpha value is -0.600. The number of aromatic nitrogens is 2. The number of halogens is 4. The molecule has 17 heavy (non-hydrogen) atoms. The van der Waals surface area contributed by atoms with Crippen LogP contribution in [0.1, 0.15) is 29.5 Å². The van der Waals surface area contributed by atoms with Crippen molar-refractivity contribution in [2.75, 3.05) is 5.33 Å². The van der Waals surface area contributed by atoms with Crippen LogP contribution in [0.3, 0.4) is 0 Å². The SMILES string of the molecule is Cc1[nH]nc(C(F)(F)F)c1C(O)C(O)CCBr. The van der Waals surface area contributed by atoms with Gasteiger partial charge in [-0.15, -0.1) is 0 Å². The molecule has 1 rings (SSSR count). The molecule has 2 unspecified atom stereocenters. The van der Waals surface area contributed by atoms with Crippen molar-refractivity contribution in [3.63, 3.8) is 0 Å².